The van der Waals surface area contributed by atoms with Crippen molar-refractivity contribution in [3.63, 3.8) is 0 Å². The number of nitrogens with one attached hydrogen (secondary N) is 2. The standard InChI is InChI=1S/C28H38N2O2/c1-27(2,3)21-15-9-13-19(25(21)31)23(29)17-11-7-8-12-18(17)24(30)20-14-10-16-22(26(20)32)28(4,5)6/h9-10,13-18,29-32H,7-8,11-12H2,1-6H3/t17-,18-/m0/s1. The Labute approximate surface area is 192 Å². The first kappa shape index (κ1) is 24.0. The van der Waals surface area contributed by atoms with Crippen LogP contribution in [0.25, 0.3) is 0 Å². The summed E-state index contributed by atoms with van der Waals surface area (Å²) >= 11 is 0. The molecule has 172 valence electrons. The lowest BCUT2D eigenvalue weighted by Gasteiger charge is -2.34. The largest absolute Gasteiger partial charge is 0.507 e. The lowest BCUT2D eigenvalue weighted by molar-refractivity contribution is 0.371. The molecule has 0 spiro atoms. The molecule has 2 aromatic rings. The molecule has 1 aliphatic carbocycles. The number of para-hydroxylation sites is 2. The Morgan fingerprint density at radius 1 is 0.688 bits per heavy atom. The summed E-state index contributed by atoms with van der Waals surface area (Å²) < 4.78 is 0. The van der Waals surface area contributed by atoms with Gasteiger partial charge in [-0.15, -0.1) is 0 Å². The molecule has 4 heteroatoms. The van der Waals surface area contributed by atoms with Gasteiger partial charge < -0.3 is 21.0 Å². The minimum atomic E-state index is -0.224. The van der Waals surface area contributed by atoms with Gasteiger partial charge in [-0.25, -0.2) is 0 Å². The molecule has 32 heavy (non-hydrogen) atoms. The molecule has 2 aromatic carbocycles. The summed E-state index contributed by atoms with van der Waals surface area (Å²) in [4.78, 5) is 0. The zero-order valence-corrected chi connectivity index (χ0v) is 20.3. The van der Waals surface area contributed by atoms with E-state index in [2.05, 4.69) is 41.5 Å². The SMILES string of the molecule is CC(C)(C)c1cccc(C(=N)[C@H]2CCCC[C@@H]2C(=N)c2cccc(C(C)(C)C)c2O)c1O. The molecule has 4 nitrogen and oxygen atoms in total. The Hall–Kier alpha value is -2.62. The van der Waals surface area contributed by atoms with E-state index in [-0.39, 0.29) is 34.2 Å². The van der Waals surface area contributed by atoms with Gasteiger partial charge in [0.1, 0.15) is 11.5 Å². The summed E-state index contributed by atoms with van der Waals surface area (Å²) in [6.07, 6.45) is 3.63. The van der Waals surface area contributed by atoms with Gasteiger partial charge in [0, 0.05) is 34.4 Å². The van der Waals surface area contributed by atoms with Gasteiger partial charge in [0.05, 0.1) is 0 Å². The molecule has 0 unspecified atom stereocenters. The van der Waals surface area contributed by atoms with Crippen molar-refractivity contribution < 1.29 is 10.2 Å². The topological polar surface area (TPSA) is 88.2 Å². The first-order valence-corrected chi connectivity index (χ1v) is 11.7. The molecule has 0 saturated heterocycles. The first-order chi connectivity index (χ1) is 14.8. The Kier molecular flexibility index (Phi) is 6.55. The van der Waals surface area contributed by atoms with E-state index < -0.39 is 0 Å². The van der Waals surface area contributed by atoms with Crippen LogP contribution < -0.4 is 0 Å². The van der Waals surface area contributed by atoms with Crippen molar-refractivity contribution in [2.75, 3.05) is 0 Å². The van der Waals surface area contributed by atoms with Crippen molar-refractivity contribution in [2.24, 2.45) is 11.8 Å². The predicted molar refractivity (Wildman–Crippen MR) is 133 cm³/mol. The lowest BCUT2D eigenvalue weighted by atomic mass is 9.70. The van der Waals surface area contributed by atoms with Crippen molar-refractivity contribution in [3.05, 3.63) is 58.7 Å². The van der Waals surface area contributed by atoms with Crippen LogP contribution in [0, 0.1) is 22.7 Å². The monoisotopic (exact) mass is 434 g/mol. The highest BCUT2D eigenvalue weighted by atomic mass is 16.3. The van der Waals surface area contributed by atoms with Crippen molar-refractivity contribution in [1.82, 2.24) is 0 Å². The van der Waals surface area contributed by atoms with Gasteiger partial charge in [0.15, 0.2) is 0 Å². The Morgan fingerprint density at radius 3 is 1.34 bits per heavy atom. The quantitative estimate of drug-likeness (QED) is 0.393. The summed E-state index contributed by atoms with van der Waals surface area (Å²) in [7, 11) is 0. The fourth-order valence-electron chi connectivity index (χ4n) is 4.95. The zero-order valence-electron chi connectivity index (χ0n) is 20.3. The van der Waals surface area contributed by atoms with Crippen LogP contribution >= 0.6 is 0 Å². The summed E-state index contributed by atoms with van der Waals surface area (Å²) in [5.74, 6) is 0.0435. The third-order valence-corrected chi connectivity index (χ3v) is 6.78. The number of phenolic OH excluding ortho intramolecular Hbond substituents is 2. The van der Waals surface area contributed by atoms with E-state index in [9.17, 15) is 10.2 Å². The number of hydrogen-bond acceptors (Lipinski definition) is 4. The van der Waals surface area contributed by atoms with Crippen LogP contribution in [0.4, 0.5) is 0 Å². The van der Waals surface area contributed by atoms with Gasteiger partial charge in [-0.2, -0.15) is 0 Å². The molecular formula is C28H38N2O2. The highest BCUT2D eigenvalue weighted by Gasteiger charge is 2.35. The van der Waals surface area contributed by atoms with Crippen molar-refractivity contribution in [1.29, 1.82) is 10.8 Å². The average molecular weight is 435 g/mol. The fourth-order valence-corrected chi connectivity index (χ4v) is 4.95. The second-order valence-corrected chi connectivity index (χ2v) is 11.2. The van der Waals surface area contributed by atoms with E-state index in [1.807, 2.05) is 36.4 Å². The van der Waals surface area contributed by atoms with Crippen LogP contribution in [0.5, 0.6) is 11.5 Å². The molecule has 0 aliphatic heterocycles. The van der Waals surface area contributed by atoms with E-state index in [1.54, 1.807) is 0 Å². The number of hydrogen-bond donors (Lipinski definition) is 4. The molecule has 0 bridgehead atoms. The normalized spacial score (nSPS) is 19.6. The van der Waals surface area contributed by atoms with Gasteiger partial charge >= 0.3 is 0 Å². The molecule has 0 radical (unpaired) electrons. The van der Waals surface area contributed by atoms with E-state index >= 15 is 0 Å². The minimum absolute atomic E-state index is 0.157. The molecule has 1 fully saturated rings. The van der Waals surface area contributed by atoms with Gasteiger partial charge in [0.2, 0.25) is 0 Å². The Balaban J connectivity index is 1.99. The fraction of sp³-hybridized carbons (Fsp3) is 0.500. The summed E-state index contributed by atoms with van der Waals surface area (Å²) in [5, 5.41) is 40.1. The molecule has 4 N–H and O–H groups in total. The molecule has 1 aliphatic rings. The summed E-state index contributed by atoms with van der Waals surface area (Å²) in [6, 6.07) is 11.3. The lowest BCUT2D eigenvalue weighted by Crippen LogP contribution is -2.33. The second kappa shape index (κ2) is 8.73. The van der Waals surface area contributed by atoms with Gasteiger partial charge in [0.25, 0.3) is 0 Å². The van der Waals surface area contributed by atoms with Gasteiger partial charge in [-0.1, -0.05) is 78.6 Å². The Morgan fingerprint density at radius 2 is 1.03 bits per heavy atom. The van der Waals surface area contributed by atoms with Crippen LogP contribution in [-0.2, 0) is 10.8 Å². The van der Waals surface area contributed by atoms with Crippen molar-refractivity contribution in [2.45, 2.75) is 78.1 Å². The van der Waals surface area contributed by atoms with Crippen LogP contribution in [0.15, 0.2) is 36.4 Å². The van der Waals surface area contributed by atoms with Crippen LogP contribution in [0.1, 0.15) is 89.5 Å². The molecule has 3 rings (SSSR count). The van der Waals surface area contributed by atoms with E-state index in [1.165, 1.54) is 0 Å². The molecule has 2 atom stereocenters. The van der Waals surface area contributed by atoms with Gasteiger partial charge in [-0.05, 0) is 46.9 Å². The second-order valence-electron chi connectivity index (χ2n) is 11.2. The Bertz CT molecular complexity index is 941. The smallest absolute Gasteiger partial charge is 0.128 e. The van der Waals surface area contributed by atoms with Crippen LogP contribution in [0.3, 0.4) is 0 Å². The minimum Gasteiger partial charge on any atom is -0.507 e. The average Bonchev–Trinajstić information content (AvgIpc) is 2.71. The first-order valence-electron chi connectivity index (χ1n) is 11.7. The van der Waals surface area contributed by atoms with E-state index in [4.69, 9.17) is 10.8 Å². The highest BCUT2D eigenvalue weighted by Crippen LogP contribution is 2.41. The zero-order chi connectivity index (χ0) is 23.8. The van der Waals surface area contributed by atoms with Crippen LogP contribution in [-0.4, -0.2) is 21.6 Å². The summed E-state index contributed by atoms with van der Waals surface area (Å²) in [5.41, 5.74) is 3.14. The van der Waals surface area contributed by atoms with E-state index in [0.717, 1.165) is 36.8 Å². The summed E-state index contributed by atoms with van der Waals surface area (Å²) in [6.45, 7) is 12.3. The molecular weight excluding hydrogens is 396 g/mol. The predicted octanol–water partition coefficient (Wildman–Crippen LogP) is 6.94. The molecule has 0 amide bonds. The van der Waals surface area contributed by atoms with Crippen LogP contribution in [0.2, 0.25) is 0 Å². The highest BCUT2D eigenvalue weighted by molar-refractivity contribution is 6.09. The number of phenols is 2. The molecule has 0 aromatic heterocycles. The maximum absolute atomic E-state index is 11.0. The number of benzene rings is 2. The van der Waals surface area contributed by atoms with Gasteiger partial charge in [-0.3, -0.25) is 0 Å². The third kappa shape index (κ3) is 4.60. The third-order valence-electron chi connectivity index (χ3n) is 6.78. The number of rotatable bonds is 4. The van der Waals surface area contributed by atoms with Crippen molar-refractivity contribution in [3.8, 4) is 11.5 Å². The van der Waals surface area contributed by atoms with Crippen molar-refractivity contribution >= 4 is 11.4 Å². The molecule has 0 heterocycles. The molecule has 1 saturated carbocycles. The number of aromatic hydroxyl groups is 2. The van der Waals surface area contributed by atoms with E-state index in [0.29, 0.717) is 22.6 Å². The maximum Gasteiger partial charge on any atom is 0.128 e. The maximum atomic E-state index is 11.0.